The van der Waals surface area contributed by atoms with Crippen molar-refractivity contribution < 1.29 is 0 Å². The van der Waals surface area contributed by atoms with Crippen LogP contribution >= 0.6 is 0 Å². The average Bonchev–Trinajstić information content (AvgIpc) is 2.15. The fourth-order valence-corrected chi connectivity index (χ4v) is 1.27. The number of aromatic nitrogens is 1. The second-order valence-corrected chi connectivity index (χ2v) is 3.84. The molecule has 0 radical (unpaired) electrons. The quantitative estimate of drug-likeness (QED) is 0.741. The molecule has 0 bridgehead atoms. The van der Waals surface area contributed by atoms with Crippen molar-refractivity contribution in [1.82, 2.24) is 4.98 Å². The van der Waals surface area contributed by atoms with Crippen LogP contribution in [0.3, 0.4) is 0 Å². The van der Waals surface area contributed by atoms with Crippen LogP contribution in [-0.4, -0.2) is 4.98 Å². The van der Waals surface area contributed by atoms with Gasteiger partial charge in [-0.05, 0) is 38.3 Å². The summed E-state index contributed by atoms with van der Waals surface area (Å²) in [6.07, 6.45) is 3.79. The molecule has 1 aromatic heterocycles. The lowest BCUT2D eigenvalue weighted by Gasteiger charge is -2.11. The van der Waals surface area contributed by atoms with Crippen molar-refractivity contribution >= 4 is 0 Å². The van der Waals surface area contributed by atoms with Gasteiger partial charge in [-0.25, -0.2) is 0 Å². The molecular formula is C12H18N2. The van der Waals surface area contributed by atoms with Crippen molar-refractivity contribution in [3.63, 3.8) is 0 Å². The zero-order chi connectivity index (χ0) is 10.6. The highest BCUT2D eigenvalue weighted by Crippen LogP contribution is 2.16. The second kappa shape index (κ2) is 4.91. The molecule has 0 saturated carbocycles. The van der Waals surface area contributed by atoms with Crippen LogP contribution in [0.4, 0.5) is 0 Å². The van der Waals surface area contributed by atoms with Crippen molar-refractivity contribution in [2.45, 2.75) is 32.7 Å². The van der Waals surface area contributed by atoms with Gasteiger partial charge in [0.15, 0.2) is 0 Å². The molecule has 0 saturated heterocycles. The van der Waals surface area contributed by atoms with Crippen LogP contribution in [0, 0.1) is 6.92 Å². The Morgan fingerprint density at radius 3 is 2.79 bits per heavy atom. The van der Waals surface area contributed by atoms with E-state index in [1.54, 1.807) is 0 Å². The molecule has 2 N–H and O–H groups in total. The zero-order valence-corrected chi connectivity index (χ0v) is 8.96. The summed E-state index contributed by atoms with van der Waals surface area (Å²) >= 11 is 0. The van der Waals surface area contributed by atoms with Crippen molar-refractivity contribution in [2.24, 2.45) is 5.73 Å². The maximum Gasteiger partial charge on any atom is 0.0372 e. The summed E-state index contributed by atoms with van der Waals surface area (Å²) in [6.45, 7) is 7.87. The Kier molecular flexibility index (Phi) is 3.84. The Bertz CT molecular complexity index is 301. The van der Waals surface area contributed by atoms with Gasteiger partial charge in [0.2, 0.25) is 0 Å². The summed E-state index contributed by atoms with van der Waals surface area (Å²) in [5.41, 5.74) is 9.33. The normalized spacial score (nSPS) is 12.5. The third kappa shape index (κ3) is 3.30. The molecule has 76 valence electrons. The minimum absolute atomic E-state index is 0.0831. The fourth-order valence-electron chi connectivity index (χ4n) is 1.27. The first-order chi connectivity index (χ1) is 6.59. The van der Waals surface area contributed by atoms with Crippen molar-refractivity contribution in [1.29, 1.82) is 0 Å². The van der Waals surface area contributed by atoms with Gasteiger partial charge in [-0.1, -0.05) is 11.6 Å². The Balaban J connectivity index is 2.56. The molecule has 0 amide bonds. The van der Waals surface area contributed by atoms with Gasteiger partial charge in [-0.15, -0.1) is 6.58 Å². The molecule has 0 fully saturated rings. The van der Waals surface area contributed by atoms with Gasteiger partial charge in [0, 0.05) is 17.9 Å². The maximum atomic E-state index is 6.01. The molecule has 0 aliphatic heterocycles. The number of allylic oxidation sites excluding steroid dienone is 1. The van der Waals surface area contributed by atoms with Crippen molar-refractivity contribution in [3.05, 3.63) is 41.7 Å². The van der Waals surface area contributed by atoms with Crippen LogP contribution < -0.4 is 5.73 Å². The molecule has 1 unspecified atom stereocenters. The predicted molar refractivity (Wildman–Crippen MR) is 60.0 cm³/mol. The van der Waals surface area contributed by atoms with Gasteiger partial charge in [-0.3, -0.25) is 4.98 Å². The molecule has 1 heterocycles. The first kappa shape index (κ1) is 10.9. The minimum Gasteiger partial charge on any atom is -0.324 e. The van der Waals surface area contributed by atoms with Gasteiger partial charge in [-0.2, -0.15) is 0 Å². The zero-order valence-electron chi connectivity index (χ0n) is 8.96. The molecule has 2 nitrogen and oxygen atoms in total. The number of hydrogen-bond acceptors (Lipinski definition) is 2. The van der Waals surface area contributed by atoms with E-state index in [2.05, 4.69) is 11.6 Å². The summed E-state index contributed by atoms with van der Waals surface area (Å²) in [5.74, 6) is 0. The fraction of sp³-hybridized carbons (Fsp3) is 0.417. The predicted octanol–water partition coefficient (Wildman–Crippen LogP) is 2.75. The largest absolute Gasteiger partial charge is 0.324 e. The monoisotopic (exact) mass is 190 g/mol. The topological polar surface area (TPSA) is 38.9 Å². The Labute approximate surface area is 85.9 Å². The summed E-state index contributed by atoms with van der Waals surface area (Å²) in [7, 11) is 0. The van der Waals surface area contributed by atoms with Crippen LogP contribution in [0.2, 0.25) is 0 Å². The van der Waals surface area contributed by atoms with E-state index in [0.29, 0.717) is 0 Å². The summed E-state index contributed by atoms with van der Waals surface area (Å²) < 4.78 is 0. The first-order valence-corrected chi connectivity index (χ1v) is 4.92. The molecule has 0 aliphatic rings. The lowest BCUT2D eigenvalue weighted by atomic mass is 10.0. The van der Waals surface area contributed by atoms with Crippen LogP contribution in [0.5, 0.6) is 0 Å². The Morgan fingerprint density at radius 1 is 1.57 bits per heavy atom. The third-order valence-electron chi connectivity index (χ3n) is 2.24. The van der Waals surface area contributed by atoms with Gasteiger partial charge < -0.3 is 5.73 Å². The van der Waals surface area contributed by atoms with Gasteiger partial charge >= 0.3 is 0 Å². The molecular weight excluding hydrogens is 172 g/mol. The van der Waals surface area contributed by atoms with Crippen LogP contribution in [0.1, 0.15) is 37.1 Å². The van der Waals surface area contributed by atoms with Crippen LogP contribution in [0.25, 0.3) is 0 Å². The standard InChI is InChI=1S/C12H18N2/c1-9(2)4-7-12(13)11-6-5-10(3)14-8-11/h5-6,8,12H,1,4,7,13H2,2-3H3. The highest BCUT2D eigenvalue weighted by Gasteiger charge is 2.05. The molecule has 1 atom stereocenters. The molecule has 2 heteroatoms. The number of aryl methyl sites for hydroxylation is 1. The lowest BCUT2D eigenvalue weighted by Crippen LogP contribution is -2.10. The van der Waals surface area contributed by atoms with Crippen molar-refractivity contribution in [2.75, 3.05) is 0 Å². The molecule has 0 spiro atoms. The highest BCUT2D eigenvalue weighted by atomic mass is 14.7. The maximum absolute atomic E-state index is 6.01. The molecule has 1 aromatic rings. The van der Waals surface area contributed by atoms with Crippen LogP contribution in [-0.2, 0) is 0 Å². The number of nitrogens with zero attached hydrogens (tertiary/aromatic N) is 1. The summed E-state index contributed by atoms with van der Waals surface area (Å²) in [5, 5.41) is 0. The van der Waals surface area contributed by atoms with E-state index >= 15 is 0 Å². The number of pyridine rings is 1. The van der Waals surface area contributed by atoms with E-state index in [1.165, 1.54) is 5.57 Å². The number of nitrogens with two attached hydrogens (primary N) is 1. The molecule has 14 heavy (non-hydrogen) atoms. The van der Waals surface area contributed by atoms with Gasteiger partial charge in [0.05, 0.1) is 0 Å². The van der Waals surface area contributed by atoms with E-state index in [-0.39, 0.29) is 6.04 Å². The smallest absolute Gasteiger partial charge is 0.0372 e. The van der Waals surface area contributed by atoms with Gasteiger partial charge in [0.1, 0.15) is 0 Å². The van der Waals surface area contributed by atoms with E-state index in [4.69, 9.17) is 5.73 Å². The number of hydrogen-bond donors (Lipinski definition) is 1. The lowest BCUT2D eigenvalue weighted by molar-refractivity contribution is 0.646. The van der Waals surface area contributed by atoms with E-state index in [1.807, 2.05) is 32.2 Å². The molecule has 0 aliphatic carbocycles. The van der Waals surface area contributed by atoms with E-state index in [0.717, 1.165) is 24.1 Å². The Hall–Kier alpha value is -1.15. The van der Waals surface area contributed by atoms with E-state index < -0.39 is 0 Å². The van der Waals surface area contributed by atoms with E-state index in [9.17, 15) is 0 Å². The second-order valence-electron chi connectivity index (χ2n) is 3.84. The SMILES string of the molecule is C=C(C)CCC(N)c1ccc(C)nc1. The van der Waals surface area contributed by atoms with Crippen LogP contribution in [0.15, 0.2) is 30.5 Å². The third-order valence-corrected chi connectivity index (χ3v) is 2.24. The summed E-state index contributed by atoms with van der Waals surface area (Å²) in [4.78, 5) is 4.22. The molecule has 0 aromatic carbocycles. The Morgan fingerprint density at radius 2 is 2.29 bits per heavy atom. The van der Waals surface area contributed by atoms with Crippen molar-refractivity contribution in [3.8, 4) is 0 Å². The summed E-state index contributed by atoms with van der Waals surface area (Å²) in [6, 6.07) is 4.13. The highest BCUT2D eigenvalue weighted by molar-refractivity contribution is 5.16. The minimum atomic E-state index is 0.0831. The average molecular weight is 190 g/mol. The van der Waals surface area contributed by atoms with Gasteiger partial charge in [0.25, 0.3) is 0 Å². The molecule has 1 rings (SSSR count). The first-order valence-electron chi connectivity index (χ1n) is 4.92. The number of rotatable bonds is 4.